The van der Waals surface area contributed by atoms with E-state index in [1.807, 2.05) is 13.0 Å². The van der Waals surface area contributed by atoms with Gasteiger partial charge in [0.1, 0.15) is 5.52 Å². The molecule has 4 heterocycles. The molecule has 0 bridgehead atoms. The van der Waals surface area contributed by atoms with E-state index in [4.69, 9.17) is 8.83 Å². The second-order valence-electron chi connectivity index (χ2n) is 6.97. The van der Waals surface area contributed by atoms with Crippen LogP contribution in [0.1, 0.15) is 45.1 Å². The number of H-pyrrole nitrogens is 1. The first kappa shape index (κ1) is 18.4. The normalized spacial score (nSPS) is 16.8. The van der Waals surface area contributed by atoms with Gasteiger partial charge in [0.25, 0.3) is 5.91 Å². The van der Waals surface area contributed by atoms with Gasteiger partial charge in [-0.2, -0.15) is 13.2 Å². The number of amides is 1. The number of hydrogen-bond donors (Lipinski definition) is 1. The Hall–Kier alpha value is -3.63. The van der Waals surface area contributed by atoms with Crippen molar-refractivity contribution in [3.05, 3.63) is 65.2 Å². The lowest BCUT2D eigenvalue weighted by Gasteiger charge is -2.32. The highest BCUT2D eigenvalue weighted by Gasteiger charge is 2.44. The Kier molecular flexibility index (Phi) is 3.95. The summed E-state index contributed by atoms with van der Waals surface area (Å²) in [6.45, 7) is 2.01. The molecule has 1 atom stereocenters. The average Bonchev–Trinajstić information content (AvgIpc) is 3.43. The van der Waals surface area contributed by atoms with Crippen molar-refractivity contribution >= 4 is 17.0 Å². The van der Waals surface area contributed by atoms with Crippen molar-refractivity contribution in [2.45, 2.75) is 25.6 Å². The van der Waals surface area contributed by atoms with Gasteiger partial charge >= 0.3 is 6.18 Å². The summed E-state index contributed by atoms with van der Waals surface area (Å²) in [6.07, 6.45) is -2.37. The maximum absolute atomic E-state index is 13.3. The van der Waals surface area contributed by atoms with Crippen molar-refractivity contribution in [2.24, 2.45) is 0 Å². The first-order valence-corrected chi connectivity index (χ1v) is 9.04. The molecule has 3 aromatic heterocycles. The Balaban J connectivity index is 1.62. The van der Waals surface area contributed by atoms with E-state index in [0.29, 0.717) is 29.6 Å². The zero-order chi connectivity index (χ0) is 21.0. The lowest BCUT2D eigenvalue weighted by Crippen LogP contribution is -2.41. The fourth-order valence-electron chi connectivity index (χ4n) is 3.64. The molecule has 154 valence electrons. The summed E-state index contributed by atoms with van der Waals surface area (Å²) in [6, 6.07) is 4.52. The van der Waals surface area contributed by atoms with Crippen molar-refractivity contribution in [3.63, 3.8) is 0 Å². The third kappa shape index (κ3) is 2.85. The number of nitrogens with one attached hydrogen (secondary N) is 1. The molecule has 11 heteroatoms. The van der Waals surface area contributed by atoms with Gasteiger partial charge in [-0.1, -0.05) is 6.07 Å². The van der Waals surface area contributed by atoms with Gasteiger partial charge in [-0.3, -0.25) is 4.79 Å². The number of aromatic nitrogens is 4. The number of fused-ring (bicyclic) bond motifs is 2. The Morgan fingerprint density at radius 3 is 2.93 bits per heavy atom. The standard InChI is InChI=1S/C19H14F3N5O3/c1-9-2-3-10-12(6-9)30-17(26-10)14-13-11(23-7-24-13)4-5-27(14)18(28)15-16(19(20,21)22)25-8-29-15/h2-3,6-8,14H,4-5H2,1H3,(H,23,24)/t14-/m0/s1. The molecule has 30 heavy (non-hydrogen) atoms. The molecule has 5 rings (SSSR count). The Morgan fingerprint density at radius 2 is 2.13 bits per heavy atom. The van der Waals surface area contributed by atoms with E-state index in [2.05, 4.69) is 19.9 Å². The fourth-order valence-corrected chi connectivity index (χ4v) is 3.64. The number of imidazole rings is 1. The molecule has 0 radical (unpaired) electrons. The predicted octanol–water partition coefficient (Wildman–Crippen LogP) is 3.65. The minimum Gasteiger partial charge on any atom is -0.438 e. The summed E-state index contributed by atoms with van der Waals surface area (Å²) >= 11 is 0. The molecule has 0 aliphatic carbocycles. The summed E-state index contributed by atoms with van der Waals surface area (Å²) in [5, 5.41) is 0. The second-order valence-corrected chi connectivity index (χ2v) is 6.97. The van der Waals surface area contributed by atoms with Gasteiger partial charge < -0.3 is 18.7 Å². The molecule has 1 aliphatic heterocycles. The first-order chi connectivity index (χ1) is 14.3. The molecule has 0 saturated carbocycles. The van der Waals surface area contributed by atoms with Crippen LogP contribution in [0.15, 0.2) is 39.8 Å². The molecule has 1 amide bonds. The quantitative estimate of drug-likeness (QED) is 0.534. The number of benzene rings is 1. The molecular weight excluding hydrogens is 403 g/mol. The van der Waals surface area contributed by atoms with E-state index in [-0.39, 0.29) is 12.4 Å². The molecule has 0 fully saturated rings. The number of carbonyl (C=O) groups excluding carboxylic acids is 1. The molecule has 0 spiro atoms. The minimum absolute atomic E-state index is 0.119. The van der Waals surface area contributed by atoms with Gasteiger partial charge in [0.15, 0.2) is 23.7 Å². The van der Waals surface area contributed by atoms with Crippen LogP contribution in [0.25, 0.3) is 11.1 Å². The van der Waals surface area contributed by atoms with Gasteiger partial charge in [0.2, 0.25) is 11.7 Å². The largest absolute Gasteiger partial charge is 0.438 e. The van der Waals surface area contributed by atoms with Crippen LogP contribution in [0.4, 0.5) is 13.2 Å². The van der Waals surface area contributed by atoms with Crippen LogP contribution in [0.3, 0.4) is 0 Å². The highest BCUT2D eigenvalue weighted by molar-refractivity contribution is 5.93. The number of nitrogens with zero attached hydrogens (tertiary/aromatic N) is 4. The molecular formula is C19H14F3N5O3. The summed E-state index contributed by atoms with van der Waals surface area (Å²) < 4.78 is 50.5. The van der Waals surface area contributed by atoms with Crippen LogP contribution in [0.5, 0.6) is 0 Å². The number of carbonyl (C=O) groups is 1. The summed E-state index contributed by atoms with van der Waals surface area (Å²) in [7, 11) is 0. The zero-order valence-electron chi connectivity index (χ0n) is 15.5. The second kappa shape index (κ2) is 6.44. The number of aryl methyl sites for hydroxylation is 1. The molecule has 8 nitrogen and oxygen atoms in total. The predicted molar refractivity (Wildman–Crippen MR) is 95.4 cm³/mol. The number of oxazole rings is 2. The van der Waals surface area contributed by atoms with Crippen molar-refractivity contribution in [2.75, 3.05) is 6.54 Å². The lowest BCUT2D eigenvalue weighted by molar-refractivity contribution is -0.141. The lowest BCUT2D eigenvalue weighted by atomic mass is 10.0. The Bertz CT molecular complexity index is 1260. The zero-order valence-corrected chi connectivity index (χ0v) is 15.5. The number of alkyl halides is 3. The highest BCUT2D eigenvalue weighted by atomic mass is 19.4. The summed E-state index contributed by atoms with van der Waals surface area (Å²) in [4.78, 5) is 29.2. The smallest absolute Gasteiger partial charge is 0.437 e. The molecule has 1 N–H and O–H groups in total. The van der Waals surface area contributed by atoms with E-state index in [0.717, 1.165) is 11.3 Å². The van der Waals surface area contributed by atoms with Crippen LogP contribution >= 0.6 is 0 Å². The van der Waals surface area contributed by atoms with E-state index < -0.39 is 29.6 Å². The van der Waals surface area contributed by atoms with Crippen molar-refractivity contribution in [1.82, 2.24) is 24.8 Å². The Labute approximate surface area is 166 Å². The Morgan fingerprint density at radius 1 is 1.30 bits per heavy atom. The average molecular weight is 417 g/mol. The number of hydrogen-bond acceptors (Lipinski definition) is 6. The van der Waals surface area contributed by atoms with Crippen LogP contribution < -0.4 is 0 Å². The van der Waals surface area contributed by atoms with E-state index in [1.54, 1.807) is 12.1 Å². The van der Waals surface area contributed by atoms with E-state index in [9.17, 15) is 18.0 Å². The van der Waals surface area contributed by atoms with Gasteiger partial charge in [-0.25, -0.2) is 15.0 Å². The molecule has 0 unspecified atom stereocenters. The summed E-state index contributed by atoms with van der Waals surface area (Å²) in [5.41, 5.74) is 1.89. The topological polar surface area (TPSA) is 101 Å². The van der Waals surface area contributed by atoms with Crippen LogP contribution in [-0.2, 0) is 12.6 Å². The highest BCUT2D eigenvalue weighted by Crippen LogP contribution is 2.37. The molecule has 4 aromatic rings. The van der Waals surface area contributed by atoms with Gasteiger partial charge in [-0.15, -0.1) is 0 Å². The van der Waals surface area contributed by atoms with Crippen molar-refractivity contribution in [3.8, 4) is 0 Å². The van der Waals surface area contributed by atoms with Gasteiger partial charge in [0.05, 0.1) is 12.0 Å². The van der Waals surface area contributed by atoms with Gasteiger partial charge in [0, 0.05) is 18.7 Å². The molecule has 1 aliphatic rings. The number of aromatic amines is 1. The van der Waals surface area contributed by atoms with Crippen molar-refractivity contribution in [1.29, 1.82) is 0 Å². The number of rotatable bonds is 2. The monoisotopic (exact) mass is 417 g/mol. The van der Waals surface area contributed by atoms with Crippen LogP contribution in [0, 0.1) is 6.92 Å². The summed E-state index contributed by atoms with van der Waals surface area (Å²) in [5.74, 6) is -1.68. The maximum Gasteiger partial charge on any atom is 0.437 e. The van der Waals surface area contributed by atoms with E-state index in [1.165, 1.54) is 11.2 Å². The molecule has 1 aromatic carbocycles. The van der Waals surface area contributed by atoms with Crippen LogP contribution in [-0.4, -0.2) is 37.3 Å². The van der Waals surface area contributed by atoms with Gasteiger partial charge in [-0.05, 0) is 24.6 Å². The molecule has 0 saturated heterocycles. The SMILES string of the molecule is Cc1ccc2nc([C@@H]3c4nc[nH]c4CCN3C(=O)c3ocnc3C(F)(F)F)oc2c1. The van der Waals surface area contributed by atoms with E-state index >= 15 is 0 Å². The fraction of sp³-hybridized carbons (Fsp3) is 0.263. The number of halogens is 3. The minimum atomic E-state index is -4.82. The van der Waals surface area contributed by atoms with Crippen molar-refractivity contribution < 1.29 is 26.8 Å². The third-order valence-electron chi connectivity index (χ3n) is 5.01. The maximum atomic E-state index is 13.3. The third-order valence-corrected chi connectivity index (χ3v) is 5.01. The van der Waals surface area contributed by atoms with Crippen LogP contribution in [0.2, 0.25) is 0 Å². The first-order valence-electron chi connectivity index (χ1n) is 9.04.